The van der Waals surface area contributed by atoms with Crippen molar-refractivity contribution in [3.05, 3.63) is 88.2 Å². The largest absolute Gasteiger partial charge is 0.454 e. The molecule has 1 N–H and O–H groups in total. The van der Waals surface area contributed by atoms with Crippen molar-refractivity contribution in [1.82, 2.24) is 0 Å². The summed E-state index contributed by atoms with van der Waals surface area (Å²) < 4.78 is 46.4. The number of non-ortho nitro benzene ring substituents is 1. The van der Waals surface area contributed by atoms with E-state index in [2.05, 4.69) is 4.72 Å². The Labute approximate surface area is 160 Å². The summed E-state index contributed by atoms with van der Waals surface area (Å²) in [6.45, 7) is 1.86. The highest BCUT2D eigenvalue weighted by atomic mass is 32.2. The van der Waals surface area contributed by atoms with E-state index in [9.17, 15) is 22.9 Å². The van der Waals surface area contributed by atoms with E-state index < -0.39 is 20.8 Å². The van der Waals surface area contributed by atoms with Gasteiger partial charge in [0.2, 0.25) is 0 Å². The Balaban J connectivity index is 1.73. The van der Waals surface area contributed by atoms with Crippen LogP contribution >= 0.6 is 0 Å². The van der Waals surface area contributed by atoms with Gasteiger partial charge in [0.15, 0.2) is 11.6 Å². The quantitative estimate of drug-likeness (QED) is 0.479. The van der Waals surface area contributed by atoms with Gasteiger partial charge in [-0.15, -0.1) is 0 Å². The third kappa shape index (κ3) is 4.44. The van der Waals surface area contributed by atoms with Gasteiger partial charge in [-0.3, -0.25) is 14.8 Å². The Bertz CT molecular complexity index is 1110. The van der Waals surface area contributed by atoms with Gasteiger partial charge in [0.1, 0.15) is 5.75 Å². The lowest BCUT2D eigenvalue weighted by Gasteiger charge is -2.10. The first-order chi connectivity index (χ1) is 13.2. The molecule has 9 heteroatoms. The standard InChI is InChI=1S/C19H15FN2O5S/c1-13-2-9-17(10-3-13)28(25,26)21-14-4-7-16(8-5-14)27-19-11-6-15(22(23)24)12-18(19)20/h2-12,21H,1H3. The predicted octanol–water partition coefficient (Wildman–Crippen LogP) is 4.64. The van der Waals surface area contributed by atoms with Gasteiger partial charge in [-0.05, 0) is 49.4 Å². The Morgan fingerprint density at radius 1 is 1.00 bits per heavy atom. The maximum atomic E-state index is 13.9. The van der Waals surface area contributed by atoms with Gasteiger partial charge in [0.05, 0.1) is 15.9 Å². The molecule has 0 fully saturated rings. The molecule has 0 radical (unpaired) electrons. The number of sulfonamides is 1. The van der Waals surface area contributed by atoms with Gasteiger partial charge >= 0.3 is 0 Å². The van der Waals surface area contributed by atoms with Crippen LogP contribution < -0.4 is 9.46 Å². The number of ether oxygens (including phenoxy) is 1. The van der Waals surface area contributed by atoms with Crippen LogP contribution in [0, 0.1) is 22.9 Å². The molecular formula is C19H15FN2O5S. The first kappa shape index (κ1) is 19.3. The number of nitro groups is 1. The zero-order valence-electron chi connectivity index (χ0n) is 14.6. The third-order valence-electron chi connectivity index (χ3n) is 3.79. The van der Waals surface area contributed by atoms with E-state index in [0.29, 0.717) is 5.69 Å². The van der Waals surface area contributed by atoms with E-state index in [0.717, 1.165) is 23.8 Å². The van der Waals surface area contributed by atoms with Crippen LogP contribution in [-0.2, 0) is 10.0 Å². The fourth-order valence-corrected chi connectivity index (χ4v) is 3.39. The van der Waals surface area contributed by atoms with Crippen molar-refractivity contribution >= 4 is 21.4 Å². The molecule has 0 atom stereocenters. The number of halogens is 1. The molecular weight excluding hydrogens is 387 g/mol. The van der Waals surface area contributed by atoms with E-state index in [4.69, 9.17) is 4.74 Å². The molecule has 0 bridgehead atoms. The molecule has 0 aliphatic heterocycles. The van der Waals surface area contributed by atoms with E-state index in [1.165, 1.54) is 36.4 Å². The molecule has 3 rings (SSSR count). The number of rotatable bonds is 6. The Morgan fingerprint density at radius 2 is 1.64 bits per heavy atom. The smallest absolute Gasteiger partial charge is 0.272 e. The Kier molecular flexibility index (Phi) is 5.27. The minimum atomic E-state index is -3.74. The molecule has 28 heavy (non-hydrogen) atoms. The van der Waals surface area contributed by atoms with Gasteiger partial charge in [0.25, 0.3) is 15.7 Å². The fourth-order valence-electron chi connectivity index (χ4n) is 2.34. The van der Waals surface area contributed by atoms with Crippen LogP contribution in [-0.4, -0.2) is 13.3 Å². The van der Waals surface area contributed by atoms with Gasteiger partial charge < -0.3 is 4.74 Å². The molecule has 0 spiro atoms. The molecule has 0 unspecified atom stereocenters. The van der Waals surface area contributed by atoms with Crippen molar-refractivity contribution < 1.29 is 22.5 Å². The Morgan fingerprint density at radius 3 is 2.21 bits per heavy atom. The van der Waals surface area contributed by atoms with Crippen LogP contribution in [0.2, 0.25) is 0 Å². The number of hydrogen-bond donors (Lipinski definition) is 1. The van der Waals surface area contributed by atoms with Crippen LogP contribution in [0.3, 0.4) is 0 Å². The third-order valence-corrected chi connectivity index (χ3v) is 5.19. The average Bonchev–Trinajstić information content (AvgIpc) is 2.65. The summed E-state index contributed by atoms with van der Waals surface area (Å²) in [5, 5.41) is 10.6. The second-order valence-electron chi connectivity index (χ2n) is 5.92. The van der Waals surface area contributed by atoms with Crippen LogP contribution in [0.4, 0.5) is 15.8 Å². The highest BCUT2D eigenvalue weighted by Crippen LogP contribution is 2.28. The van der Waals surface area contributed by atoms with Crippen molar-refractivity contribution in [1.29, 1.82) is 0 Å². The van der Waals surface area contributed by atoms with E-state index in [1.54, 1.807) is 12.1 Å². The van der Waals surface area contributed by atoms with Crippen LogP contribution in [0.1, 0.15) is 5.56 Å². The molecule has 0 heterocycles. The molecule has 144 valence electrons. The number of nitrogens with one attached hydrogen (secondary N) is 1. The summed E-state index contributed by atoms with van der Waals surface area (Å²) in [5.41, 5.74) is 0.863. The van der Waals surface area contributed by atoms with E-state index >= 15 is 0 Å². The highest BCUT2D eigenvalue weighted by molar-refractivity contribution is 7.92. The SMILES string of the molecule is Cc1ccc(S(=O)(=O)Nc2ccc(Oc3ccc([N+](=O)[O-])cc3F)cc2)cc1. The van der Waals surface area contributed by atoms with Gasteiger partial charge in [0, 0.05) is 11.8 Å². The molecule has 0 aliphatic carbocycles. The molecule has 0 aliphatic rings. The van der Waals surface area contributed by atoms with Crippen molar-refractivity contribution in [2.24, 2.45) is 0 Å². The minimum Gasteiger partial charge on any atom is -0.454 e. The average molecular weight is 402 g/mol. The van der Waals surface area contributed by atoms with Crippen molar-refractivity contribution in [2.75, 3.05) is 4.72 Å². The van der Waals surface area contributed by atoms with E-state index in [-0.39, 0.29) is 22.1 Å². The first-order valence-corrected chi connectivity index (χ1v) is 9.54. The molecule has 0 saturated carbocycles. The van der Waals surface area contributed by atoms with Crippen molar-refractivity contribution in [3.63, 3.8) is 0 Å². The summed E-state index contributed by atoms with van der Waals surface area (Å²) in [6.07, 6.45) is 0. The monoisotopic (exact) mass is 402 g/mol. The fraction of sp³-hybridized carbons (Fsp3) is 0.0526. The lowest BCUT2D eigenvalue weighted by Crippen LogP contribution is -2.12. The van der Waals surface area contributed by atoms with Crippen molar-refractivity contribution in [2.45, 2.75) is 11.8 Å². The molecule has 0 saturated heterocycles. The summed E-state index contributed by atoms with van der Waals surface area (Å²) >= 11 is 0. The number of benzene rings is 3. The minimum absolute atomic E-state index is 0.131. The number of aryl methyl sites for hydroxylation is 1. The predicted molar refractivity (Wildman–Crippen MR) is 102 cm³/mol. The lowest BCUT2D eigenvalue weighted by molar-refractivity contribution is -0.385. The molecule has 3 aromatic carbocycles. The maximum Gasteiger partial charge on any atom is 0.272 e. The molecule has 7 nitrogen and oxygen atoms in total. The van der Waals surface area contributed by atoms with Crippen LogP contribution in [0.25, 0.3) is 0 Å². The Hall–Kier alpha value is -3.46. The molecule has 0 aromatic heterocycles. The van der Waals surface area contributed by atoms with Crippen molar-refractivity contribution in [3.8, 4) is 11.5 Å². The molecule has 3 aromatic rings. The summed E-state index contributed by atoms with van der Waals surface area (Å²) in [5.74, 6) is -0.817. The summed E-state index contributed by atoms with van der Waals surface area (Å²) in [4.78, 5) is 10.1. The van der Waals surface area contributed by atoms with Gasteiger partial charge in [-0.2, -0.15) is 0 Å². The van der Waals surface area contributed by atoms with Gasteiger partial charge in [-0.25, -0.2) is 12.8 Å². The second kappa shape index (κ2) is 7.65. The number of nitrogens with zero attached hydrogens (tertiary/aromatic N) is 1. The van der Waals surface area contributed by atoms with Crippen LogP contribution in [0.5, 0.6) is 11.5 Å². The van der Waals surface area contributed by atoms with Crippen LogP contribution in [0.15, 0.2) is 71.6 Å². The molecule has 0 amide bonds. The lowest BCUT2D eigenvalue weighted by atomic mass is 10.2. The normalized spacial score (nSPS) is 11.1. The topological polar surface area (TPSA) is 98.5 Å². The zero-order chi connectivity index (χ0) is 20.3. The summed E-state index contributed by atoms with van der Waals surface area (Å²) in [7, 11) is -3.74. The maximum absolute atomic E-state index is 13.9. The first-order valence-electron chi connectivity index (χ1n) is 8.06. The number of anilines is 1. The number of nitro benzene ring substituents is 1. The highest BCUT2D eigenvalue weighted by Gasteiger charge is 2.15. The number of hydrogen-bond acceptors (Lipinski definition) is 5. The zero-order valence-corrected chi connectivity index (χ0v) is 15.4. The van der Waals surface area contributed by atoms with E-state index in [1.807, 2.05) is 6.92 Å². The van der Waals surface area contributed by atoms with Gasteiger partial charge in [-0.1, -0.05) is 17.7 Å². The summed E-state index contributed by atoms with van der Waals surface area (Å²) in [6, 6.07) is 15.3. The second-order valence-corrected chi connectivity index (χ2v) is 7.60.